The zero-order valence-electron chi connectivity index (χ0n) is 16.7. The van der Waals surface area contributed by atoms with Crippen LogP contribution in [-0.2, 0) is 15.7 Å². The zero-order chi connectivity index (χ0) is 20.1. The fraction of sp³-hybridized carbons (Fsp3) is 0.409. The lowest BCUT2D eigenvalue weighted by Crippen LogP contribution is -2.41. The van der Waals surface area contributed by atoms with Gasteiger partial charge in [0.15, 0.2) is 0 Å². The summed E-state index contributed by atoms with van der Waals surface area (Å²) in [6.07, 6.45) is -0.0486. The first-order chi connectivity index (χ1) is 13.2. The maximum Gasteiger partial charge on any atom is 0.494 e. The van der Waals surface area contributed by atoms with Gasteiger partial charge in [0.2, 0.25) is 0 Å². The molecule has 0 aromatic heterocycles. The number of amides is 1. The number of carbonyl (C=O) groups is 1. The van der Waals surface area contributed by atoms with Crippen LogP contribution in [0.3, 0.4) is 0 Å². The van der Waals surface area contributed by atoms with Gasteiger partial charge in [-0.3, -0.25) is 4.79 Å². The quantitative estimate of drug-likeness (QED) is 0.804. The molecule has 1 amide bonds. The molecule has 2 aromatic rings. The minimum absolute atomic E-state index is 0.207. The van der Waals surface area contributed by atoms with Gasteiger partial charge in [-0.2, -0.15) is 0 Å². The monoisotopic (exact) mass is 379 g/mol. The number of benzene rings is 2. The van der Waals surface area contributed by atoms with Crippen molar-refractivity contribution in [3.8, 4) is 0 Å². The Balaban J connectivity index is 1.47. The molecule has 0 radical (unpaired) electrons. The molecule has 1 fully saturated rings. The largest absolute Gasteiger partial charge is 0.494 e. The van der Waals surface area contributed by atoms with E-state index in [0.717, 1.165) is 16.6 Å². The van der Waals surface area contributed by atoms with Crippen LogP contribution in [0.1, 0.15) is 55.2 Å². The molecule has 0 spiro atoms. The molecule has 1 aliphatic carbocycles. The summed E-state index contributed by atoms with van der Waals surface area (Å²) in [4.78, 5) is 12.7. The predicted octanol–water partition coefficient (Wildman–Crippen LogP) is 2.37. The average Bonchev–Trinajstić information content (AvgIpc) is 3.07. The highest BCUT2D eigenvalue weighted by Crippen LogP contribution is 2.36. The number of fused-ring (bicyclic) bond motifs is 1. The summed E-state index contributed by atoms with van der Waals surface area (Å²) in [6.45, 7) is 8.05. The van der Waals surface area contributed by atoms with Crippen LogP contribution >= 0.6 is 0 Å². The third kappa shape index (κ3) is 3.26. The molecule has 28 heavy (non-hydrogen) atoms. The number of rotatable bonds is 3. The first-order valence-electron chi connectivity index (χ1n) is 9.70. The van der Waals surface area contributed by atoms with E-state index in [9.17, 15) is 9.90 Å². The summed E-state index contributed by atoms with van der Waals surface area (Å²) in [5, 5.41) is 13.3. The fourth-order valence-corrected chi connectivity index (χ4v) is 3.74. The van der Waals surface area contributed by atoms with E-state index in [1.807, 2.05) is 64.1 Å². The van der Waals surface area contributed by atoms with E-state index in [2.05, 4.69) is 5.32 Å². The van der Waals surface area contributed by atoms with Gasteiger partial charge in [-0.25, -0.2) is 0 Å². The Morgan fingerprint density at radius 2 is 1.64 bits per heavy atom. The van der Waals surface area contributed by atoms with Gasteiger partial charge in [-0.1, -0.05) is 36.4 Å². The summed E-state index contributed by atoms with van der Waals surface area (Å²) in [5.74, 6) is -0.207. The second-order valence-corrected chi connectivity index (χ2v) is 8.63. The fourth-order valence-electron chi connectivity index (χ4n) is 3.74. The number of hydrogen-bond donors (Lipinski definition) is 2. The third-order valence-corrected chi connectivity index (χ3v) is 6.19. The minimum Gasteiger partial charge on any atom is -0.399 e. The number of carbonyl (C=O) groups excluding carboxylic acids is 1. The summed E-state index contributed by atoms with van der Waals surface area (Å²) in [5.41, 5.74) is 2.67. The van der Waals surface area contributed by atoms with Crippen molar-refractivity contribution in [1.29, 1.82) is 0 Å². The van der Waals surface area contributed by atoms with Gasteiger partial charge in [0.05, 0.1) is 23.3 Å². The molecule has 2 aromatic carbocycles. The Morgan fingerprint density at radius 1 is 1.04 bits per heavy atom. The van der Waals surface area contributed by atoms with E-state index in [0.29, 0.717) is 12.0 Å². The van der Waals surface area contributed by atoms with E-state index in [-0.39, 0.29) is 11.9 Å². The number of aliphatic hydroxyl groups is 1. The smallest absolute Gasteiger partial charge is 0.399 e. The van der Waals surface area contributed by atoms with Crippen LogP contribution in [0, 0.1) is 0 Å². The lowest BCUT2D eigenvalue weighted by Gasteiger charge is -2.32. The normalized spacial score (nSPS) is 24.8. The van der Waals surface area contributed by atoms with Crippen molar-refractivity contribution in [3.63, 3.8) is 0 Å². The third-order valence-electron chi connectivity index (χ3n) is 6.19. The maximum absolute atomic E-state index is 12.7. The maximum atomic E-state index is 12.7. The molecule has 1 saturated heterocycles. The Morgan fingerprint density at radius 3 is 2.29 bits per heavy atom. The highest BCUT2D eigenvalue weighted by atomic mass is 16.7. The van der Waals surface area contributed by atoms with E-state index < -0.39 is 24.4 Å². The standard InChI is InChI=1S/C22H26BNO4/c1-21(2)22(3,4)28-23(27-21)16-11-9-14(10-12-16)20(26)24-19-17-8-6-5-7-15(17)13-18(19)25/h5-12,18-19,25H,13H2,1-4H3,(H,24,26)/t18-,19+/m0/s1. The van der Waals surface area contributed by atoms with Crippen molar-refractivity contribution in [2.45, 2.75) is 57.5 Å². The molecular formula is C22H26BNO4. The summed E-state index contributed by atoms with van der Waals surface area (Å²) in [6, 6.07) is 14.7. The minimum atomic E-state index is -0.606. The van der Waals surface area contributed by atoms with Crippen molar-refractivity contribution < 1.29 is 19.2 Å². The van der Waals surface area contributed by atoms with Crippen molar-refractivity contribution >= 4 is 18.5 Å². The van der Waals surface area contributed by atoms with Crippen molar-refractivity contribution in [2.24, 2.45) is 0 Å². The molecule has 146 valence electrons. The van der Waals surface area contributed by atoms with Gasteiger partial charge in [-0.15, -0.1) is 0 Å². The second kappa shape index (κ2) is 6.73. The summed E-state index contributed by atoms with van der Waals surface area (Å²) < 4.78 is 12.1. The molecule has 6 heteroatoms. The van der Waals surface area contributed by atoms with Gasteiger partial charge in [0.25, 0.3) is 5.91 Å². The first-order valence-corrected chi connectivity index (χ1v) is 9.70. The predicted molar refractivity (Wildman–Crippen MR) is 109 cm³/mol. The summed E-state index contributed by atoms with van der Waals surface area (Å²) in [7, 11) is -0.453. The molecule has 5 nitrogen and oxygen atoms in total. The SMILES string of the molecule is CC1(C)OB(c2ccc(C(=O)N[C@@H]3c4ccccc4C[C@@H]3O)cc2)OC1(C)C. The molecule has 1 heterocycles. The van der Waals surface area contributed by atoms with Crippen LogP contribution in [-0.4, -0.2) is 35.4 Å². The highest BCUT2D eigenvalue weighted by molar-refractivity contribution is 6.62. The topological polar surface area (TPSA) is 67.8 Å². The zero-order valence-corrected chi connectivity index (χ0v) is 16.7. The number of nitrogens with one attached hydrogen (secondary N) is 1. The Hall–Kier alpha value is -2.15. The van der Waals surface area contributed by atoms with E-state index in [1.165, 1.54) is 0 Å². The molecule has 1 aliphatic heterocycles. The van der Waals surface area contributed by atoms with Gasteiger partial charge in [0.1, 0.15) is 0 Å². The lowest BCUT2D eigenvalue weighted by atomic mass is 9.79. The van der Waals surface area contributed by atoms with E-state index in [4.69, 9.17) is 9.31 Å². The van der Waals surface area contributed by atoms with Crippen molar-refractivity contribution in [3.05, 3.63) is 65.2 Å². The number of hydrogen-bond acceptors (Lipinski definition) is 4. The Bertz CT molecular complexity index is 878. The van der Waals surface area contributed by atoms with E-state index in [1.54, 1.807) is 12.1 Å². The molecule has 0 bridgehead atoms. The molecule has 2 aliphatic rings. The first kappa shape index (κ1) is 19.2. The Kier molecular flexibility index (Phi) is 4.61. The average molecular weight is 379 g/mol. The van der Waals surface area contributed by atoms with Crippen LogP contribution in [0.15, 0.2) is 48.5 Å². The molecule has 2 atom stereocenters. The van der Waals surface area contributed by atoms with Crippen LogP contribution in [0.2, 0.25) is 0 Å². The van der Waals surface area contributed by atoms with Crippen LogP contribution in [0.25, 0.3) is 0 Å². The molecular weight excluding hydrogens is 353 g/mol. The van der Waals surface area contributed by atoms with Gasteiger partial charge < -0.3 is 19.7 Å². The summed E-state index contributed by atoms with van der Waals surface area (Å²) >= 11 is 0. The highest BCUT2D eigenvalue weighted by Gasteiger charge is 2.51. The van der Waals surface area contributed by atoms with E-state index >= 15 is 0 Å². The van der Waals surface area contributed by atoms with Crippen LogP contribution < -0.4 is 10.8 Å². The van der Waals surface area contributed by atoms with Crippen LogP contribution in [0.4, 0.5) is 0 Å². The van der Waals surface area contributed by atoms with Gasteiger partial charge in [0, 0.05) is 12.0 Å². The molecule has 0 unspecified atom stereocenters. The molecule has 2 N–H and O–H groups in total. The molecule has 4 rings (SSSR count). The Labute approximate surface area is 166 Å². The van der Waals surface area contributed by atoms with Crippen LogP contribution in [0.5, 0.6) is 0 Å². The van der Waals surface area contributed by atoms with Crippen molar-refractivity contribution in [1.82, 2.24) is 5.32 Å². The van der Waals surface area contributed by atoms with Gasteiger partial charge in [-0.05, 0) is 56.4 Å². The van der Waals surface area contributed by atoms with Gasteiger partial charge >= 0.3 is 7.12 Å². The van der Waals surface area contributed by atoms with Crippen molar-refractivity contribution in [2.75, 3.05) is 0 Å². The lowest BCUT2D eigenvalue weighted by molar-refractivity contribution is 0.00578. The number of aliphatic hydroxyl groups excluding tert-OH is 1. The second-order valence-electron chi connectivity index (χ2n) is 8.63. The molecule has 0 saturated carbocycles.